The predicted octanol–water partition coefficient (Wildman–Crippen LogP) is 1.11. The molecule has 0 aliphatic carbocycles. The first-order valence-electron chi connectivity index (χ1n) is 7.12. The first kappa shape index (κ1) is 15.9. The molecule has 1 aliphatic heterocycles. The molecular formula is C14H20N4O2S. The molecule has 0 radical (unpaired) electrons. The Labute approximate surface area is 125 Å². The van der Waals surface area contributed by atoms with Crippen molar-refractivity contribution in [1.29, 1.82) is 5.26 Å². The van der Waals surface area contributed by atoms with Gasteiger partial charge in [-0.1, -0.05) is 6.42 Å². The Bertz CT molecular complexity index is 601. The van der Waals surface area contributed by atoms with Crippen molar-refractivity contribution < 1.29 is 8.42 Å². The zero-order valence-corrected chi connectivity index (χ0v) is 12.9. The molecule has 0 amide bonds. The van der Waals surface area contributed by atoms with Gasteiger partial charge in [-0.2, -0.15) is 5.26 Å². The highest BCUT2D eigenvalue weighted by molar-refractivity contribution is 7.89. The second-order valence-electron chi connectivity index (χ2n) is 5.37. The quantitative estimate of drug-likeness (QED) is 0.880. The fraction of sp³-hybridized carbons (Fsp3) is 0.571. The Morgan fingerprint density at radius 1 is 1.38 bits per heavy atom. The van der Waals surface area contributed by atoms with E-state index < -0.39 is 10.0 Å². The van der Waals surface area contributed by atoms with E-state index in [0.717, 1.165) is 13.1 Å². The van der Waals surface area contributed by atoms with Crippen LogP contribution in [0.25, 0.3) is 0 Å². The Morgan fingerprint density at radius 3 is 2.67 bits per heavy atom. The Hall–Kier alpha value is -1.49. The lowest BCUT2D eigenvalue weighted by Gasteiger charge is -2.29. The van der Waals surface area contributed by atoms with Crippen LogP contribution < -0.4 is 4.72 Å². The summed E-state index contributed by atoms with van der Waals surface area (Å²) >= 11 is 0. The molecule has 0 saturated carbocycles. The summed E-state index contributed by atoms with van der Waals surface area (Å²) in [6, 6.07) is 4.52. The normalized spacial score (nSPS) is 18.1. The van der Waals surface area contributed by atoms with E-state index in [1.165, 1.54) is 37.6 Å². The highest BCUT2D eigenvalue weighted by atomic mass is 32.2. The monoisotopic (exact) mass is 308 g/mol. The van der Waals surface area contributed by atoms with Gasteiger partial charge in [0.15, 0.2) is 0 Å². The lowest BCUT2D eigenvalue weighted by molar-refractivity contribution is 0.215. The highest BCUT2D eigenvalue weighted by Gasteiger charge is 2.20. The van der Waals surface area contributed by atoms with Gasteiger partial charge in [-0.15, -0.1) is 0 Å². The third kappa shape index (κ3) is 4.49. The van der Waals surface area contributed by atoms with Crippen molar-refractivity contribution in [1.82, 2.24) is 14.6 Å². The molecule has 0 spiro atoms. The van der Waals surface area contributed by atoms with Crippen molar-refractivity contribution in [3.8, 4) is 6.07 Å². The van der Waals surface area contributed by atoms with Gasteiger partial charge < -0.3 is 4.90 Å². The lowest BCUT2D eigenvalue weighted by atomic mass is 10.1. The molecule has 0 bridgehead atoms. The molecule has 1 aliphatic rings. The minimum Gasteiger partial charge on any atom is -0.302 e. The molecule has 1 fully saturated rings. The minimum atomic E-state index is -3.58. The Kier molecular flexibility index (Phi) is 5.28. The Morgan fingerprint density at radius 2 is 2.10 bits per heavy atom. The number of likely N-dealkylation sites (tertiary alicyclic amines) is 1. The summed E-state index contributed by atoms with van der Waals surface area (Å²) in [6.45, 7) is 4.64. The van der Waals surface area contributed by atoms with Gasteiger partial charge in [0.1, 0.15) is 16.7 Å². The molecule has 1 saturated heterocycles. The molecule has 6 nitrogen and oxygen atoms in total. The first-order valence-corrected chi connectivity index (χ1v) is 8.60. The number of nitrogens with zero attached hydrogens (tertiary/aromatic N) is 3. The fourth-order valence-electron chi connectivity index (χ4n) is 2.50. The van der Waals surface area contributed by atoms with Crippen molar-refractivity contribution in [2.75, 3.05) is 19.6 Å². The maximum atomic E-state index is 12.2. The van der Waals surface area contributed by atoms with E-state index in [4.69, 9.17) is 5.26 Å². The summed E-state index contributed by atoms with van der Waals surface area (Å²) in [5.41, 5.74) is 0.204. The molecule has 2 heterocycles. The van der Waals surface area contributed by atoms with E-state index in [0.29, 0.717) is 6.54 Å². The zero-order valence-electron chi connectivity index (χ0n) is 12.1. The molecule has 1 N–H and O–H groups in total. The molecule has 1 atom stereocenters. The fourth-order valence-corrected chi connectivity index (χ4v) is 3.68. The second kappa shape index (κ2) is 6.98. The Balaban J connectivity index is 1.97. The molecule has 1 unspecified atom stereocenters. The van der Waals surface area contributed by atoms with Crippen LogP contribution in [-0.2, 0) is 10.0 Å². The van der Waals surface area contributed by atoms with Crippen LogP contribution in [0.15, 0.2) is 23.2 Å². The van der Waals surface area contributed by atoms with Crippen LogP contribution in [0.1, 0.15) is 31.9 Å². The lowest BCUT2D eigenvalue weighted by Crippen LogP contribution is -2.43. The topological polar surface area (TPSA) is 86.1 Å². The second-order valence-corrected chi connectivity index (χ2v) is 7.09. The molecule has 2 rings (SSSR count). The maximum Gasteiger partial charge on any atom is 0.242 e. The van der Waals surface area contributed by atoms with Crippen molar-refractivity contribution >= 4 is 10.0 Å². The van der Waals surface area contributed by atoms with Crippen LogP contribution in [0.3, 0.4) is 0 Å². The summed E-state index contributed by atoms with van der Waals surface area (Å²) in [7, 11) is -3.58. The standard InChI is InChI=1S/C14H20N4O2S/c1-12(11-18-7-3-2-4-8-18)17-21(19,20)14-6-5-13(9-15)16-10-14/h5-6,10,12,17H,2-4,7-8,11H2,1H3. The maximum absolute atomic E-state index is 12.2. The average molecular weight is 308 g/mol. The van der Waals surface area contributed by atoms with E-state index >= 15 is 0 Å². The van der Waals surface area contributed by atoms with E-state index in [9.17, 15) is 8.42 Å². The number of sulfonamides is 1. The molecule has 1 aromatic heterocycles. The third-order valence-electron chi connectivity index (χ3n) is 3.50. The van der Waals surface area contributed by atoms with E-state index in [-0.39, 0.29) is 16.6 Å². The van der Waals surface area contributed by atoms with E-state index in [1.807, 2.05) is 13.0 Å². The van der Waals surface area contributed by atoms with Gasteiger partial charge in [0.25, 0.3) is 0 Å². The smallest absolute Gasteiger partial charge is 0.242 e. The van der Waals surface area contributed by atoms with Crippen LogP contribution in [0.5, 0.6) is 0 Å². The summed E-state index contributed by atoms with van der Waals surface area (Å²) < 4.78 is 27.1. The molecule has 7 heteroatoms. The van der Waals surface area contributed by atoms with Crippen molar-refractivity contribution in [2.45, 2.75) is 37.1 Å². The van der Waals surface area contributed by atoms with E-state index in [1.54, 1.807) is 0 Å². The van der Waals surface area contributed by atoms with Gasteiger partial charge >= 0.3 is 0 Å². The van der Waals surface area contributed by atoms with Crippen LogP contribution in [0.2, 0.25) is 0 Å². The summed E-state index contributed by atoms with van der Waals surface area (Å²) in [5, 5.41) is 8.68. The number of pyridine rings is 1. The molecule has 21 heavy (non-hydrogen) atoms. The minimum absolute atomic E-state index is 0.0898. The van der Waals surface area contributed by atoms with Crippen LogP contribution in [0.4, 0.5) is 0 Å². The number of piperidine rings is 1. The number of hydrogen-bond acceptors (Lipinski definition) is 5. The first-order chi connectivity index (χ1) is 10.0. The van der Waals surface area contributed by atoms with Crippen molar-refractivity contribution in [3.63, 3.8) is 0 Å². The number of aromatic nitrogens is 1. The average Bonchev–Trinajstić information content (AvgIpc) is 2.47. The van der Waals surface area contributed by atoms with Crippen LogP contribution >= 0.6 is 0 Å². The molecule has 114 valence electrons. The summed E-state index contributed by atoms with van der Waals surface area (Å²) in [6.07, 6.45) is 4.83. The number of nitrogens with one attached hydrogen (secondary N) is 1. The highest BCUT2D eigenvalue weighted by Crippen LogP contribution is 2.11. The number of rotatable bonds is 5. The van der Waals surface area contributed by atoms with Crippen molar-refractivity contribution in [2.24, 2.45) is 0 Å². The SMILES string of the molecule is CC(CN1CCCCC1)NS(=O)(=O)c1ccc(C#N)nc1. The predicted molar refractivity (Wildman–Crippen MR) is 79.0 cm³/mol. The van der Waals surface area contributed by atoms with Gasteiger partial charge in [-0.05, 0) is 45.0 Å². The number of nitriles is 1. The largest absolute Gasteiger partial charge is 0.302 e. The van der Waals surface area contributed by atoms with Gasteiger partial charge in [0.2, 0.25) is 10.0 Å². The van der Waals surface area contributed by atoms with Crippen LogP contribution in [0, 0.1) is 11.3 Å². The number of hydrogen-bond donors (Lipinski definition) is 1. The molecule has 0 aromatic carbocycles. The van der Waals surface area contributed by atoms with Gasteiger partial charge in [0.05, 0.1) is 0 Å². The van der Waals surface area contributed by atoms with Crippen molar-refractivity contribution in [3.05, 3.63) is 24.0 Å². The molecule has 1 aromatic rings. The summed E-state index contributed by atoms with van der Waals surface area (Å²) in [4.78, 5) is 6.17. The van der Waals surface area contributed by atoms with Gasteiger partial charge in [-0.25, -0.2) is 18.1 Å². The van der Waals surface area contributed by atoms with Gasteiger partial charge in [-0.3, -0.25) is 0 Å². The van der Waals surface area contributed by atoms with Gasteiger partial charge in [0, 0.05) is 18.8 Å². The molecular weight excluding hydrogens is 288 g/mol. The van der Waals surface area contributed by atoms with Crippen LogP contribution in [-0.4, -0.2) is 44.0 Å². The van der Waals surface area contributed by atoms with E-state index in [2.05, 4.69) is 14.6 Å². The third-order valence-corrected chi connectivity index (χ3v) is 5.07. The summed E-state index contributed by atoms with van der Waals surface area (Å²) in [5.74, 6) is 0. The zero-order chi connectivity index (χ0) is 15.3.